The smallest absolute Gasteiger partial charge is 0.327 e. The van der Waals surface area contributed by atoms with Gasteiger partial charge in [-0.15, -0.1) is 0 Å². The fraction of sp³-hybridized carbons (Fsp3) is 0.909. The first kappa shape index (κ1) is 20.6. The number of rotatable bonds is 7. The molecule has 1 fully saturated rings. The number of aliphatic hydroxyl groups is 5. The molecule has 0 unspecified atom stereocenters. The van der Waals surface area contributed by atoms with E-state index in [1.165, 1.54) is 0 Å². The highest BCUT2D eigenvalue weighted by Crippen LogP contribution is 2.34. The molecule has 0 spiro atoms. The van der Waals surface area contributed by atoms with Gasteiger partial charge in [0.1, 0.15) is 24.9 Å². The summed E-state index contributed by atoms with van der Waals surface area (Å²) in [6, 6.07) is -1.17. The van der Waals surface area contributed by atoms with Gasteiger partial charge in [-0.05, 0) is 0 Å². The van der Waals surface area contributed by atoms with E-state index in [0.29, 0.717) is 0 Å². The molecule has 1 rings (SSSR count). The van der Waals surface area contributed by atoms with Gasteiger partial charge in [0.2, 0.25) is 5.91 Å². The van der Waals surface area contributed by atoms with Crippen LogP contribution in [0.25, 0.3) is 0 Å². The lowest BCUT2D eigenvalue weighted by Gasteiger charge is -2.46. The molecule has 0 bridgehead atoms. The molecule has 11 nitrogen and oxygen atoms in total. The van der Waals surface area contributed by atoms with E-state index in [4.69, 9.17) is 19.6 Å². The molecular formula is C11H22NO10P. The predicted molar refractivity (Wildman–Crippen MR) is 74.5 cm³/mol. The van der Waals surface area contributed by atoms with Gasteiger partial charge in [0.15, 0.2) is 5.79 Å². The molecule has 12 heteroatoms. The predicted octanol–water partition coefficient (Wildman–Crippen LogP) is -3.73. The fourth-order valence-electron chi connectivity index (χ4n) is 2.32. The topological polar surface area (TPSA) is 189 Å². The van der Waals surface area contributed by atoms with Crippen LogP contribution in [0, 0.1) is 0 Å². The van der Waals surface area contributed by atoms with Crippen molar-refractivity contribution in [2.75, 3.05) is 13.2 Å². The molecule has 0 aromatic carbocycles. The number of carbonyl (C=O) groups excluding carboxylic acids is 1. The molecule has 0 aromatic rings. The fourth-order valence-corrected chi connectivity index (χ4v) is 2.64. The molecule has 23 heavy (non-hydrogen) atoms. The zero-order chi connectivity index (χ0) is 17.8. The second kappa shape index (κ2) is 8.58. The van der Waals surface area contributed by atoms with Crippen molar-refractivity contribution >= 4 is 14.5 Å². The summed E-state index contributed by atoms with van der Waals surface area (Å²) in [5, 5.41) is 51.1. The van der Waals surface area contributed by atoms with Crippen molar-refractivity contribution in [3.8, 4) is 0 Å². The zero-order valence-corrected chi connectivity index (χ0v) is 13.2. The minimum absolute atomic E-state index is 0.459. The van der Waals surface area contributed by atoms with E-state index in [9.17, 15) is 25.2 Å². The third-order valence-corrected chi connectivity index (χ3v) is 3.71. The van der Waals surface area contributed by atoms with Crippen LogP contribution in [-0.2, 0) is 14.1 Å². The first-order valence-electron chi connectivity index (χ1n) is 6.73. The second-order valence-electron chi connectivity index (χ2n) is 5.29. The molecule has 1 aliphatic rings. The highest BCUT2D eigenvalue weighted by atomic mass is 31.2. The third kappa shape index (κ3) is 5.84. The van der Waals surface area contributed by atoms with Crippen LogP contribution >= 0.6 is 8.60 Å². The van der Waals surface area contributed by atoms with E-state index < -0.39 is 70.4 Å². The van der Waals surface area contributed by atoms with Crippen LogP contribution in [0.1, 0.15) is 13.3 Å². The van der Waals surface area contributed by atoms with Crippen LogP contribution in [0.4, 0.5) is 0 Å². The number of aliphatic hydroxyl groups excluding tert-OH is 4. The maximum Gasteiger partial charge on any atom is 0.327 e. The van der Waals surface area contributed by atoms with E-state index in [0.717, 1.165) is 6.92 Å². The molecule has 0 saturated carbocycles. The van der Waals surface area contributed by atoms with Gasteiger partial charge in [-0.25, -0.2) is 0 Å². The van der Waals surface area contributed by atoms with Crippen LogP contribution in [0.2, 0.25) is 0 Å². The molecule has 1 saturated heterocycles. The van der Waals surface area contributed by atoms with Crippen LogP contribution in [-0.4, -0.2) is 90.7 Å². The summed E-state index contributed by atoms with van der Waals surface area (Å²) in [5.74, 6) is -2.74. The van der Waals surface area contributed by atoms with Crippen molar-refractivity contribution < 1.29 is 49.4 Å². The number of carbonyl (C=O) groups is 1. The van der Waals surface area contributed by atoms with Crippen molar-refractivity contribution in [1.29, 1.82) is 0 Å². The normalized spacial score (nSPS) is 34.2. The highest BCUT2D eigenvalue weighted by molar-refractivity contribution is 7.39. The van der Waals surface area contributed by atoms with Crippen molar-refractivity contribution in [1.82, 2.24) is 5.32 Å². The zero-order valence-electron chi connectivity index (χ0n) is 12.3. The number of amides is 1. The van der Waals surface area contributed by atoms with Crippen molar-refractivity contribution in [3.05, 3.63) is 0 Å². The van der Waals surface area contributed by atoms with Gasteiger partial charge in [0, 0.05) is 13.3 Å². The summed E-state index contributed by atoms with van der Waals surface area (Å²) >= 11 is 0. The molecular weight excluding hydrogens is 337 g/mol. The van der Waals surface area contributed by atoms with Crippen LogP contribution < -0.4 is 5.32 Å². The molecule has 0 aromatic heterocycles. The summed E-state index contributed by atoms with van der Waals surface area (Å²) in [4.78, 5) is 28.7. The van der Waals surface area contributed by atoms with Gasteiger partial charge in [0.25, 0.3) is 0 Å². The standard InChI is InChI=1S/C11H22NO10P/c1-5(14)12-8-6(15)2-11(18,4-21-23(19)20)22-10(8)9(17)7(16)3-13/h6-10,13,15-20H,2-4H2,1H3,(H,12,14)/t6-,7+,8+,9+,10+,11-/m0/s1. The summed E-state index contributed by atoms with van der Waals surface area (Å²) in [6.07, 6.45) is -6.74. The van der Waals surface area contributed by atoms with Crippen molar-refractivity contribution in [3.63, 3.8) is 0 Å². The van der Waals surface area contributed by atoms with E-state index in [2.05, 4.69) is 9.84 Å². The lowest BCUT2D eigenvalue weighted by molar-refractivity contribution is -0.309. The lowest BCUT2D eigenvalue weighted by Crippen LogP contribution is -2.66. The van der Waals surface area contributed by atoms with Crippen LogP contribution in [0.15, 0.2) is 0 Å². The monoisotopic (exact) mass is 359 g/mol. The summed E-state index contributed by atoms with van der Waals surface area (Å²) in [7, 11) is -2.78. The van der Waals surface area contributed by atoms with E-state index in [1.807, 2.05) is 0 Å². The number of nitrogens with one attached hydrogen (secondary N) is 1. The van der Waals surface area contributed by atoms with E-state index in [1.54, 1.807) is 0 Å². The summed E-state index contributed by atoms with van der Waals surface area (Å²) < 4.78 is 9.69. The molecule has 1 aliphatic heterocycles. The minimum Gasteiger partial charge on any atom is -0.394 e. The molecule has 0 aliphatic carbocycles. The Morgan fingerprint density at radius 3 is 2.57 bits per heavy atom. The van der Waals surface area contributed by atoms with Crippen LogP contribution in [0.3, 0.4) is 0 Å². The van der Waals surface area contributed by atoms with Gasteiger partial charge in [0.05, 0.1) is 18.8 Å². The minimum atomic E-state index is -2.78. The second-order valence-corrected chi connectivity index (χ2v) is 6.06. The summed E-state index contributed by atoms with van der Waals surface area (Å²) in [6.45, 7) is -0.390. The molecule has 1 amide bonds. The SMILES string of the molecule is CC(=O)N[C@H]1[C@H]([C@H](O)[C@H](O)CO)O[C@](O)(COP(O)O)C[C@@H]1O. The van der Waals surface area contributed by atoms with Crippen molar-refractivity contribution in [2.45, 2.75) is 49.6 Å². The maximum atomic E-state index is 11.2. The van der Waals surface area contributed by atoms with Gasteiger partial charge in [-0.3, -0.25) is 4.79 Å². The maximum absolute atomic E-state index is 11.2. The Hall–Kier alpha value is -0.460. The van der Waals surface area contributed by atoms with Crippen molar-refractivity contribution in [2.24, 2.45) is 0 Å². The summed E-state index contributed by atoms with van der Waals surface area (Å²) in [5.41, 5.74) is 0. The Kier molecular flexibility index (Phi) is 7.68. The molecule has 6 atom stereocenters. The van der Waals surface area contributed by atoms with E-state index in [-0.39, 0.29) is 0 Å². The number of ether oxygens (including phenoxy) is 1. The third-order valence-electron chi connectivity index (χ3n) is 3.35. The van der Waals surface area contributed by atoms with E-state index >= 15 is 0 Å². The average Bonchev–Trinajstić information content (AvgIpc) is 2.46. The Bertz CT molecular complexity index is 399. The Morgan fingerprint density at radius 1 is 1.48 bits per heavy atom. The lowest BCUT2D eigenvalue weighted by atomic mass is 9.89. The van der Waals surface area contributed by atoms with Gasteiger partial charge in [-0.2, -0.15) is 0 Å². The number of hydrogen-bond donors (Lipinski definition) is 8. The quantitative estimate of drug-likeness (QED) is 0.210. The number of hydrogen-bond acceptors (Lipinski definition) is 10. The van der Waals surface area contributed by atoms with Crippen LogP contribution in [0.5, 0.6) is 0 Å². The Labute approximate surface area is 133 Å². The first-order valence-corrected chi connectivity index (χ1v) is 7.89. The van der Waals surface area contributed by atoms with Gasteiger partial charge >= 0.3 is 8.60 Å². The molecule has 1 heterocycles. The van der Waals surface area contributed by atoms with Gasteiger partial charge in [-0.1, -0.05) is 0 Å². The first-order chi connectivity index (χ1) is 10.6. The molecule has 8 N–H and O–H groups in total. The highest BCUT2D eigenvalue weighted by Gasteiger charge is 2.50. The average molecular weight is 359 g/mol. The Morgan fingerprint density at radius 2 is 2.09 bits per heavy atom. The molecule has 136 valence electrons. The molecule has 0 radical (unpaired) electrons. The largest absolute Gasteiger partial charge is 0.394 e. The Balaban J connectivity index is 2.96. The van der Waals surface area contributed by atoms with Gasteiger partial charge < -0.3 is 49.9 Å².